The molecule has 3 aliphatic rings. The highest BCUT2D eigenvalue weighted by Crippen LogP contribution is 2.47. The molecule has 0 spiro atoms. The molecule has 0 amide bonds. The number of halogens is 3. The van der Waals surface area contributed by atoms with Crippen molar-refractivity contribution in [2.45, 2.75) is 125 Å². The lowest BCUT2D eigenvalue weighted by molar-refractivity contribution is -0.201. The highest BCUT2D eigenvalue weighted by Gasteiger charge is 2.53. The second-order valence-electron chi connectivity index (χ2n) is 10.5. The van der Waals surface area contributed by atoms with Crippen molar-refractivity contribution in [2.24, 2.45) is 11.8 Å². The number of esters is 1. The molecule has 1 saturated carbocycles. The second-order valence-corrected chi connectivity index (χ2v) is 12.1. The Bertz CT molecular complexity index is 684. The Hall–Kier alpha value is -0.320. The fraction of sp³-hybridized carbons (Fsp3) is 0.889. The van der Waals surface area contributed by atoms with E-state index in [9.17, 15) is 4.79 Å². The van der Waals surface area contributed by atoms with Crippen molar-refractivity contribution >= 4 is 28.6 Å². The molecule has 2 saturated heterocycles. The lowest BCUT2D eigenvalue weighted by Gasteiger charge is -2.33. The van der Waals surface area contributed by atoms with Gasteiger partial charge in [0.15, 0.2) is 6.29 Å². The number of carbonyl (C=O) groups is 1. The van der Waals surface area contributed by atoms with E-state index < -0.39 is 24.0 Å². The molecule has 0 radical (unpaired) electrons. The molecule has 0 aromatic rings. The Morgan fingerprint density at radius 1 is 1.26 bits per heavy atom. The monoisotopic (exact) mass is 612 g/mol. The molecule has 3 rings (SSSR count). The molecule has 35 heavy (non-hydrogen) atoms. The van der Waals surface area contributed by atoms with E-state index in [0.29, 0.717) is 32.3 Å². The number of methoxy groups -OCH3 is 1. The highest BCUT2D eigenvalue weighted by molar-refractivity contribution is 14.1. The third-order valence-electron chi connectivity index (χ3n) is 7.75. The topological polar surface area (TPSA) is 54.0 Å². The third-order valence-corrected chi connectivity index (χ3v) is 9.08. The first-order valence-electron chi connectivity index (χ1n) is 13.4. The van der Waals surface area contributed by atoms with E-state index in [0.717, 1.165) is 44.9 Å². The summed E-state index contributed by atoms with van der Waals surface area (Å²) in [4.78, 5) is 11.4. The minimum Gasteiger partial charge on any atom is -0.469 e. The smallest absolute Gasteiger partial charge is 0.305 e. The Balaban J connectivity index is 1.62. The van der Waals surface area contributed by atoms with Gasteiger partial charge < -0.3 is 18.9 Å². The van der Waals surface area contributed by atoms with Gasteiger partial charge in [-0.05, 0) is 64.2 Å². The van der Waals surface area contributed by atoms with Crippen molar-refractivity contribution in [3.05, 3.63) is 12.2 Å². The Morgan fingerprint density at radius 3 is 2.74 bits per heavy atom. The van der Waals surface area contributed by atoms with Gasteiger partial charge in [0.1, 0.15) is 24.0 Å². The van der Waals surface area contributed by atoms with Gasteiger partial charge in [0.2, 0.25) is 0 Å². The van der Waals surface area contributed by atoms with E-state index in [4.69, 9.17) is 18.9 Å². The number of hydrogen-bond donors (Lipinski definition) is 0. The molecule has 4 unspecified atom stereocenters. The quantitative estimate of drug-likeness (QED) is 0.101. The molecule has 1 aliphatic carbocycles. The summed E-state index contributed by atoms with van der Waals surface area (Å²) in [6, 6.07) is 0. The second kappa shape index (κ2) is 14.0. The number of hydrogen-bond acceptors (Lipinski definition) is 5. The molecule has 2 aliphatic heterocycles. The van der Waals surface area contributed by atoms with Crippen LogP contribution in [0.4, 0.5) is 8.78 Å². The fourth-order valence-electron chi connectivity index (χ4n) is 5.61. The van der Waals surface area contributed by atoms with Crippen LogP contribution >= 0.6 is 22.6 Å². The molecule has 0 aromatic heterocycles. The van der Waals surface area contributed by atoms with Crippen LogP contribution in [0, 0.1) is 11.8 Å². The average Bonchev–Trinajstić information content (AvgIpc) is 3.40. The van der Waals surface area contributed by atoms with E-state index in [1.165, 1.54) is 7.11 Å². The molecule has 0 N–H and O–H groups in total. The zero-order chi connectivity index (χ0) is 25.4. The SMILES string of the molecule is CCCCC(C)(F)[C@@H](/C=C/[C@H]1CC[C@H]2O[C@@H](C(I)CCCC(=O)OC)C(F)[C@H]12)OC1CCCCO1. The third kappa shape index (κ3) is 8.08. The van der Waals surface area contributed by atoms with Crippen molar-refractivity contribution in [1.29, 1.82) is 0 Å². The van der Waals surface area contributed by atoms with Gasteiger partial charge in [-0.1, -0.05) is 54.5 Å². The number of alkyl halides is 3. The summed E-state index contributed by atoms with van der Waals surface area (Å²) in [6.45, 7) is 4.31. The normalized spacial score (nSPS) is 34.5. The van der Waals surface area contributed by atoms with E-state index in [1.54, 1.807) is 6.92 Å². The van der Waals surface area contributed by atoms with Crippen LogP contribution in [0.3, 0.4) is 0 Å². The van der Waals surface area contributed by atoms with Gasteiger partial charge in [0, 0.05) is 22.9 Å². The first-order valence-corrected chi connectivity index (χ1v) is 14.7. The van der Waals surface area contributed by atoms with Crippen LogP contribution in [0.15, 0.2) is 12.2 Å². The summed E-state index contributed by atoms with van der Waals surface area (Å²) in [5.41, 5.74) is -1.51. The molecular formula is C27H43F2IO5. The van der Waals surface area contributed by atoms with Gasteiger partial charge in [0.05, 0.1) is 13.2 Å². The van der Waals surface area contributed by atoms with Crippen LogP contribution in [-0.2, 0) is 23.7 Å². The van der Waals surface area contributed by atoms with Crippen LogP contribution in [0.25, 0.3) is 0 Å². The summed E-state index contributed by atoms with van der Waals surface area (Å²) < 4.78 is 54.0. The first kappa shape index (κ1) is 29.2. The number of rotatable bonds is 13. The maximum Gasteiger partial charge on any atom is 0.305 e. The van der Waals surface area contributed by atoms with E-state index in [2.05, 4.69) is 29.5 Å². The van der Waals surface area contributed by atoms with Gasteiger partial charge in [-0.3, -0.25) is 4.79 Å². The predicted molar refractivity (Wildman–Crippen MR) is 140 cm³/mol. The van der Waals surface area contributed by atoms with Crippen molar-refractivity contribution in [1.82, 2.24) is 0 Å². The van der Waals surface area contributed by atoms with Gasteiger partial charge in [-0.15, -0.1) is 0 Å². The zero-order valence-corrected chi connectivity index (χ0v) is 23.6. The molecule has 0 aromatic carbocycles. The lowest BCUT2D eigenvalue weighted by atomic mass is 9.87. The van der Waals surface area contributed by atoms with E-state index in [-0.39, 0.29) is 34.1 Å². The number of unbranched alkanes of at least 4 members (excludes halogenated alkanes) is 1. The maximum absolute atomic E-state index is 15.7. The van der Waals surface area contributed by atoms with Crippen LogP contribution in [0.1, 0.15) is 84.5 Å². The molecule has 202 valence electrons. The van der Waals surface area contributed by atoms with Gasteiger partial charge >= 0.3 is 5.97 Å². The summed E-state index contributed by atoms with van der Waals surface area (Å²) in [5, 5.41) is 0. The largest absolute Gasteiger partial charge is 0.469 e. The Kier molecular flexibility index (Phi) is 11.7. The van der Waals surface area contributed by atoms with Crippen LogP contribution in [0.2, 0.25) is 0 Å². The van der Waals surface area contributed by atoms with Crippen molar-refractivity contribution in [2.75, 3.05) is 13.7 Å². The van der Waals surface area contributed by atoms with E-state index in [1.807, 2.05) is 12.2 Å². The average molecular weight is 613 g/mol. The molecule has 2 heterocycles. The minimum atomic E-state index is -1.51. The van der Waals surface area contributed by atoms with Crippen LogP contribution in [0.5, 0.6) is 0 Å². The van der Waals surface area contributed by atoms with Crippen molar-refractivity contribution in [3.63, 3.8) is 0 Å². The zero-order valence-electron chi connectivity index (χ0n) is 21.4. The number of fused-ring (bicyclic) bond motifs is 1. The molecule has 3 fully saturated rings. The molecular weight excluding hydrogens is 569 g/mol. The Labute approximate surface area is 223 Å². The fourth-order valence-corrected chi connectivity index (χ4v) is 6.61. The van der Waals surface area contributed by atoms with Crippen LogP contribution < -0.4 is 0 Å². The molecule has 9 atom stereocenters. The lowest BCUT2D eigenvalue weighted by Crippen LogP contribution is -2.40. The van der Waals surface area contributed by atoms with Gasteiger partial charge in [-0.25, -0.2) is 8.78 Å². The van der Waals surface area contributed by atoms with Gasteiger partial charge in [0.25, 0.3) is 0 Å². The van der Waals surface area contributed by atoms with Gasteiger partial charge in [-0.2, -0.15) is 0 Å². The minimum absolute atomic E-state index is 0.000909. The summed E-state index contributed by atoms with van der Waals surface area (Å²) in [7, 11) is 1.38. The number of ether oxygens (including phenoxy) is 4. The summed E-state index contributed by atoms with van der Waals surface area (Å²) >= 11 is 2.25. The predicted octanol–water partition coefficient (Wildman–Crippen LogP) is 6.65. The summed E-state index contributed by atoms with van der Waals surface area (Å²) in [5.74, 6) is -0.463. The van der Waals surface area contributed by atoms with Crippen molar-refractivity contribution in [3.8, 4) is 0 Å². The summed E-state index contributed by atoms with van der Waals surface area (Å²) in [6.07, 6.45) is 9.31. The maximum atomic E-state index is 15.7. The highest BCUT2D eigenvalue weighted by atomic mass is 127. The number of carbonyl (C=O) groups excluding carboxylic acids is 1. The standard InChI is InChI=1S/C27H43F2IO5/c1-4-5-16-27(2,29)21(35-23-11-6-7-17-33-23)15-13-18-12-14-20-24(18)25(28)26(34-20)19(30)9-8-10-22(31)32-3/h13,15,18-21,23-26H,4-12,14,16-17H2,1-3H3/b15-13+/t18-,19?,20-,21-,23?,24-,25?,26+,27?/m1/s1. The van der Waals surface area contributed by atoms with Crippen molar-refractivity contribution < 1.29 is 32.5 Å². The molecule has 0 bridgehead atoms. The first-order chi connectivity index (χ1) is 16.8. The number of allylic oxidation sites excluding steroid dienone is 1. The van der Waals surface area contributed by atoms with Crippen LogP contribution in [-0.4, -0.2) is 60.1 Å². The molecule has 8 heteroatoms. The molecule has 5 nitrogen and oxygen atoms in total. The Morgan fingerprint density at radius 2 is 2.06 bits per heavy atom. The van der Waals surface area contributed by atoms with E-state index >= 15 is 8.78 Å².